The van der Waals surface area contributed by atoms with Crippen LogP contribution >= 0.6 is 22.6 Å². The van der Waals surface area contributed by atoms with Gasteiger partial charge in [-0.2, -0.15) is 0 Å². The van der Waals surface area contributed by atoms with E-state index in [0.717, 1.165) is 36.3 Å². The van der Waals surface area contributed by atoms with Crippen LogP contribution in [0, 0.1) is 21.0 Å². The van der Waals surface area contributed by atoms with Crippen LogP contribution in [0.2, 0.25) is 0 Å². The molecule has 246 valence electrons. The van der Waals surface area contributed by atoms with Gasteiger partial charge in [-0.25, -0.2) is 18.7 Å². The minimum Gasteiger partial charge on any atom is -0.385 e. The molecule has 3 aromatic rings. The van der Waals surface area contributed by atoms with Gasteiger partial charge >= 0.3 is 0 Å². The first-order valence-corrected chi connectivity index (χ1v) is 15.8. The molecule has 2 aliphatic heterocycles. The van der Waals surface area contributed by atoms with Crippen LogP contribution < -0.4 is 21.4 Å². The first-order valence-electron chi connectivity index (χ1n) is 14.8. The van der Waals surface area contributed by atoms with E-state index in [-0.39, 0.29) is 41.8 Å². The number of hydrogen-bond donors (Lipinski definition) is 4. The molecule has 4 N–H and O–H groups in total. The van der Waals surface area contributed by atoms with Crippen molar-refractivity contribution in [2.45, 2.75) is 44.6 Å². The van der Waals surface area contributed by atoms with Gasteiger partial charge in [0.15, 0.2) is 11.6 Å². The monoisotopic (exact) mass is 763 g/mol. The van der Waals surface area contributed by atoms with Crippen LogP contribution in [0.4, 0.5) is 30.2 Å². The molecule has 5 rings (SSSR count). The predicted octanol–water partition coefficient (Wildman–Crippen LogP) is 5.19. The summed E-state index contributed by atoms with van der Waals surface area (Å²) in [5.41, 5.74) is 2.32. The highest BCUT2D eigenvalue weighted by Gasteiger charge is 2.44. The number of imide groups is 2. The summed E-state index contributed by atoms with van der Waals surface area (Å²) in [6.45, 7) is 0.727. The zero-order valence-electron chi connectivity index (χ0n) is 24.8. The van der Waals surface area contributed by atoms with Crippen molar-refractivity contribution in [1.82, 2.24) is 15.7 Å². The first kappa shape index (κ1) is 33.8. The van der Waals surface area contributed by atoms with Gasteiger partial charge < -0.3 is 10.6 Å². The molecule has 11 nitrogen and oxygen atoms in total. The maximum atomic E-state index is 14.6. The number of hydroxylamine groups is 1. The molecule has 1 saturated heterocycles. The van der Waals surface area contributed by atoms with Gasteiger partial charge in [0.05, 0.1) is 34.7 Å². The molecule has 0 aromatic heterocycles. The van der Waals surface area contributed by atoms with Gasteiger partial charge in [-0.05, 0) is 90.4 Å². The zero-order chi connectivity index (χ0) is 33.7. The Hall–Kier alpha value is -4.51. The Morgan fingerprint density at radius 3 is 2.45 bits per heavy atom. The number of fused-ring (bicyclic) bond motifs is 1. The number of nitrogens with zero attached hydrogens (tertiary/aromatic N) is 1. The van der Waals surface area contributed by atoms with Gasteiger partial charge in [0.25, 0.3) is 17.7 Å². The van der Waals surface area contributed by atoms with E-state index in [0.29, 0.717) is 22.2 Å². The third-order valence-electron chi connectivity index (χ3n) is 7.64. The number of nitrogens with one attached hydrogen (secondary N) is 4. The van der Waals surface area contributed by atoms with Crippen LogP contribution in [-0.2, 0) is 14.4 Å². The van der Waals surface area contributed by atoms with Crippen molar-refractivity contribution in [3.63, 3.8) is 0 Å². The van der Waals surface area contributed by atoms with Crippen LogP contribution in [0.5, 0.6) is 0 Å². The average Bonchev–Trinajstić information content (AvgIpc) is 3.28. The molecule has 15 heteroatoms. The van der Waals surface area contributed by atoms with E-state index in [1.54, 1.807) is 18.2 Å². The van der Waals surface area contributed by atoms with Crippen molar-refractivity contribution in [2.75, 3.05) is 23.8 Å². The fraction of sp³-hybridized carbons (Fsp3) is 0.281. The van der Waals surface area contributed by atoms with Gasteiger partial charge in [-0.3, -0.25) is 39.0 Å². The molecule has 0 radical (unpaired) electrons. The number of unbranched alkanes of at least 4 members (excludes halogenated alkanes) is 3. The number of halogens is 4. The standard InChI is InChI=1S/C32H29F3IN5O6/c33-22-9-8-20(28(27(22)35)38-24-10-5-17(36)15-23(24)34)29(43)40-47-14-4-2-1-3-13-37-18-6-7-19-21(16-18)32(46)41(31(19)45)25-11-12-26(42)39-30(25)44/h5-10,15-16,25,37-38H,1-4,11-14H2,(H,40,43)(H,39,42,44). The zero-order valence-corrected chi connectivity index (χ0v) is 26.9. The molecule has 0 spiro atoms. The Kier molecular flexibility index (Phi) is 10.8. The van der Waals surface area contributed by atoms with Crippen molar-refractivity contribution in [1.29, 1.82) is 0 Å². The third kappa shape index (κ3) is 7.73. The van der Waals surface area contributed by atoms with Crippen molar-refractivity contribution >= 4 is 69.2 Å². The second-order valence-electron chi connectivity index (χ2n) is 10.9. The summed E-state index contributed by atoms with van der Waals surface area (Å²) in [7, 11) is 0. The molecule has 1 atom stereocenters. The molecule has 2 aliphatic rings. The van der Waals surface area contributed by atoms with Crippen LogP contribution in [0.15, 0.2) is 48.5 Å². The van der Waals surface area contributed by atoms with E-state index in [2.05, 4.69) is 21.4 Å². The molecule has 0 bridgehead atoms. The van der Waals surface area contributed by atoms with Gasteiger partial charge in [-0.1, -0.05) is 12.8 Å². The number of rotatable bonds is 13. The van der Waals surface area contributed by atoms with E-state index in [1.807, 2.05) is 22.6 Å². The van der Waals surface area contributed by atoms with Crippen molar-refractivity contribution < 1.29 is 42.0 Å². The summed E-state index contributed by atoms with van der Waals surface area (Å²) in [4.78, 5) is 68.3. The van der Waals surface area contributed by atoms with Crippen LogP contribution in [0.3, 0.4) is 0 Å². The van der Waals surface area contributed by atoms with Gasteiger partial charge in [0.2, 0.25) is 11.8 Å². The lowest BCUT2D eigenvalue weighted by Gasteiger charge is -2.27. The Balaban J connectivity index is 1.03. The number of hydrogen-bond acceptors (Lipinski definition) is 8. The normalized spacial score (nSPS) is 15.8. The quantitative estimate of drug-likeness (QED) is 0.0807. The van der Waals surface area contributed by atoms with Crippen molar-refractivity contribution in [3.8, 4) is 0 Å². The highest BCUT2D eigenvalue weighted by molar-refractivity contribution is 14.1. The number of anilines is 3. The highest BCUT2D eigenvalue weighted by Crippen LogP contribution is 2.30. The Morgan fingerprint density at radius 2 is 1.68 bits per heavy atom. The van der Waals surface area contributed by atoms with Crippen LogP contribution in [-0.4, -0.2) is 53.6 Å². The molecule has 5 amide bonds. The second-order valence-corrected chi connectivity index (χ2v) is 12.1. The smallest absolute Gasteiger partial charge is 0.277 e. The molecular formula is C32H29F3IN5O6. The van der Waals surface area contributed by atoms with Crippen molar-refractivity contribution in [3.05, 3.63) is 86.2 Å². The minimum absolute atomic E-state index is 0.0468. The number of amides is 5. The summed E-state index contributed by atoms with van der Waals surface area (Å²) in [6, 6.07) is 9.76. The molecule has 1 fully saturated rings. The summed E-state index contributed by atoms with van der Waals surface area (Å²) in [5.74, 6) is -6.32. The van der Waals surface area contributed by atoms with Crippen LogP contribution in [0.25, 0.3) is 0 Å². The Morgan fingerprint density at radius 1 is 0.915 bits per heavy atom. The summed E-state index contributed by atoms with van der Waals surface area (Å²) < 4.78 is 43.4. The lowest BCUT2D eigenvalue weighted by atomic mass is 10.0. The van der Waals surface area contributed by atoms with Crippen molar-refractivity contribution in [2.24, 2.45) is 0 Å². The molecule has 0 aliphatic carbocycles. The number of carbonyl (C=O) groups is 5. The van der Waals surface area contributed by atoms with E-state index in [1.165, 1.54) is 18.2 Å². The highest BCUT2D eigenvalue weighted by atomic mass is 127. The van der Waals surface area contributed by atoms with Crippen LogP contribution in [0.1, 0.15) is 69.6 Å². The van der Waals surface area contributed by atoms with E-state index >= 15 is 0 Å². The maximum absolute atomic E-state index is 14.6. The van der Waals surface area contributed by atoms with E-state index in [4.69, 9.17) is 4.84 Å². The second kappa shape index (κ2) is 14.9. The molecule has 0 saturated carbocycles. The molecule has 3 aromatic carbocycles. The molecule has 2 heterocycles. The molecule has 47 heavy (non-hydrogen) atoms. The maximum Gasteiger partial charge on any atom is 0.277 e. The summed E-state index contributed by atoms with van der Waals surface area (Å²) in [5, 5.41) is 7.84. The number of benzene rings is 3. The largest absolute Gasteiger partial charge is 0.385 e. The Bertz CT molecular complexity index is 1760. The average molecular weight is 764 g/mol. The first-order chi connectivity index (χ1) is 22.5. The summed E-state index contributed by atoms with van der Waals surface area (Å²) in [6.07, 6.45) is 3.03. The molecular weight excluding hydrogens is 734 g/mol. The van der Waals surface area contributed by atoms with Gasteiger partial charge in [-0.15, -0.1) is 0 Å². The van der Waals surface area contributed by atoms with Gasteiger partial charge in [0.1, 0.15) is 11.9 Å². The minimum atomic E-state index is -1.33. The topological polar surface area (TPSA) is 146 Å². The predicted molar refractivity (Wildman–Crippen MR) is 172 cm³/mol. The lowest BCUT2D eigenvalue weighted by Crippen LogP contribution is -2.54. The fourth-order valence-corrected chi connectivity index (χ4v) is 5.68. The summed E-state index contributed by atoms with van der Waals surface area (Å²) >= 11 is 1.91. The Labute approximate surface area is 280 Å². The SMILES string of the molecule is O=C1CCC(N2C(=O)c3ccc(NCCCCCCONC(=O)c4ccc(F)c(F)c4Nc4ccc(I)cc4F)cc3C2=O)C(=O)N1. The lowest BCUT2D eigenvalue weighted by molar-refractivity contribution is -0.136. The number of carbonyl (C=O) groups excluding carboxylic acids is 5. The van der Waals surface area contributed by atoms with E-state index < -0.39 is 58.7 Å². The molecule has 1 unspecified atom stereocenters. The van der Waals surface area contributed by atoms with E-state index in [9.17, 15) is 37.1 Å². The number of piperidine rings is 1. The van der Waals surface area contributed by atoms with Gasteiger partial charge in [0, 0.05) is 22.2 Å². The fourth-order valence-electron chi connectivity index (χ4n) is 5.23. The third-order valence-corrected chi connectivity index (χ3v) is 8.31.